The highest BCUT2D eigenvalue weighted by atomic mass is 31.3. The standard InChI is InChI=1S/C12H30O10P3/c1-7-15-23(13,16-8-2)21-25(19-11-5,20-12-6)22-24(14,17-9-3)18-10-4/h7-12H2,1-6H3/q+1. The van der Waals surface area contributed by atoms with Crippen LogP contribution in [0.15, 0.2) is 0 Å². The molecule has 0 amide bonds. The lowest BCUT2D eigenvalue weighted by atomic mass is 10.9. The van der Waals surface area contributed by atoms with Gasteiger partial charge in [0, 0.05) is 0 Å². The minimum atomic E-state index is -4.08. The minimum Gasteiger partial charge on any atom is -0.285 e. The fourth-order valence-electron chi connectivity index (χ4n) is 1.51. The van der Waals surface area contributed by atoms with Gasteiger partial charge < -0.3 is 0 Å². The average Bonchev–Trinajstić information content (AvgIpc) is 2.47. The molecule has 0 radical (unpaired) electrons. The maximum atomic E-state index is 12.7. The molecule has 0 aromatic carbocycles. The quantitative estimate of drug-likeness (QED) is 0.308. The molecule has 0 aliphatic rings. The Morgan fingerprint density at radius 3 is 1.04 bits per heavy atom. The molecule has 13 heteroatoms. The molecule has 0 spiro atoms. The van der Waals surface area contributed by atoms with Crippen LogP contribution >= 0.6 is 23.8 Å². The van der Waals surface area contributed by atoms with Crippen molar-refractivity contribution in [2.24, 2.45) is 0 Å². The molecule has 0 atom stereocenters. The zero-order valence-corrected chi connectivity index (χ0v) is 18.4. The summed E-state index contributed by atoms with van der Waals surface area (Å²) >= 11 is 0. The molecule has 0 aromatic heterocycles. The second-order valence-electron chi connectivity index (χ2n) is 4.01. The highest BCUT2D eigenvalue weighted by Gasteiger charge is 2.62. The molecule has 0 aliphatic heterocycles. The Labute approximate surface area is 150 Å². The lowest BCUT2D eigenvalue weighted by molar-refractivity contribution is 0.0815. The van der Waals surface area contributed by atoms with Crippen molar-refractivity contribution in [3.63, 3.8) is 0 Å². The third-order valence-corrected chi connectivity index (χ3v) is 8.77. The second kappa shape index (κ2) is 12.9. The van der Waals surface area contributed by atoms with E-state index in [0.717, 1.165) is 0 Å². The number of hydrogen-bond donors (Lipinski definition) is 0. The first-order valence-electron chi connectivity index (χ1n) is 8.17. The SMILES string of the molecule is CCOP(=O)(OCC)O[P+](OCC)(OCC)OP(=O)(OCC)OCC. The second-order valence-corrected chi connectivity index (χ2v) is 9.55. The molecular formula is C12H30O10P3+. The maximum Gasteiger partial charge on any atom is 0.596 e. The number of phosphoric ester groups is 2. The van der Waals surface area contributed by atoms with Crippen LogP contribution in [0.25, 0.3) is 0 Å². The summed E-state index contributed by atoms with van der Waals surface area (Å²) in [5.41, 5.74) is 0. The summed E-state index contributed by atoms with van der Waals surface area (Å²) in [5.74, 6) is 0. The Hall–Kier alpha value is 0.570. The molecule has 152 valence electrons. The van der Waals surface area contributed by atoms with Crippen LogP contribution in [0.2, 0.25) is 0 Å². The van der Waals surface area contributed by atoms with Gasteiger partial charge in [-0.15, -0.1) is 0 Å². The Balaban J connectivity index is 5.74. The van der Waals surface area contributed by atoms with Crippen molar-refractivity contribution in [1.82, 2.24) is 0 Å². The van der Waals surface area contributed by atoms with Gasteiger partial charge in [-0.1, -0.05) is 0 Å². The van der Waals surface area contributed by atoms with Crippen molar-refractivity contribution >= 4 is 23.8 Å². The summed E-state index contributed by atoms with van der Waals surface area (Å²) in [6.45, 7) is 10.0. The first kappa shape index (κ1) is 25.6. The third-order valence-electron chi connectivity index (χ3n) is 2.12. The van der Waals surface area contributed by atoms with E-state index in [1.807, 2.05) is 0 Å². The van der Waals surface area contributed by atoms with Crippen LogP contribution in [0.4, 0.5) is 0 Å². The van der Waals surface area contributed by atoms with Crippen molar-refractivity contribution in [3.8, 4) is 0 Å². The van der Waals surface area contributed by atoms with E-state index in [9.17, 15) is 9.13 Å². The van der Waals surface area contributed by atoms with Gasteiger partial charge in [0.15, 0.2) is 0 Å². The normalized spacial score (nSPS) is 13.4. The zero-order valence-electron chi connectivity index (χ0n) is 15.7. The van der Waals surface area contributed by atoms with E-state index in [1.54, 1.807) is 41.5 Å². The van der Waals surface area contributed by atoms with Gasteiger partial charge in [-0.05, 0) is 50.2 Å². The van der Waals surface area contributed by atoms with E-state index >= 15 is 0 Å². The number of phosphoric acid groups is 2. The van der Waals surface area contributed by atoms with Crippen LogP contribution < -0.4 is 0 Å². The Morgan fingerprint density at radius 2 is 0.840 bits per heavy atom. The van der Waals surface area contributed by atoms with Crippen molar-refractivity contribution < 1.29 is 44.9 Å². The van der Waals surface area contributed by atoms with E-state index in [2.05, 4.69) is 0 Å². The Bertz CT molecular complexity index is 387. The molecule has 0 unspecified atom stereocenters. The summed E-state index contributed by atoms with van der Waals surface area (Å²) in [6.07, 6.45) is 0. The monoisotopic (exact) mass is 427 g/mol. The van der Waals surface area contributed by atoms with E-state index in [4.69, 9.17) is 35.8 Å². The third kappa shape index (κ3) is 9.36. The van der Waals surface area contributed by atoms with E-state index in [0.29, 0.717) is 0 Å². The highest BCUT2D eigenvalue weighted by molar-refractivity contribution is 7.72. The Morgan fingerprint density at radius 1 is 0.560 bits per heavy atom. The van der Waals surface area contributed by atoms with Gasteiger partial charge in [0.25, 0.3) is 0 Å². The number of rotatable bonds is 16. The fourth-order valence-corrected chi connectivity index (χ4v) is 7.49. The first-order valence-corrected chi connectivity index (χ1v) is 12.5. The first-order chi connectivity index (χ1) is 11.8. The van der Waals surface area contributed by atoms with Gasteiger partial charge in [0.05, 0.1) is 39.6 Å². The van der Waals surface area contributed by atoms with Gasteiger partial charge in [-0.25, -0.2) is 9.13 Å². The molecule has 0 rings (SSSR count). The molecule has 0 saturated heterocycles. The van der Waals surface area contributed by atoms with Crippen molar-refractivity contribution in [2.75, 3.05) is 39.6 Å². The van der Waals surface area contributed by atoms with E-state index in [-0.39, 0.29) is 39.6 Å². The van der Waals surface area contributed by atoms with Crippen LogP contribution in [0.1, 0.15) is 41.5 Å². The van der Waals surface area contributed by atoms with E-state index in [1.165, 1.54) is 0 Å². The molecule has 0 N–H and O–H groups in total. The summed E-state index contributed by atoms with van der Waals surface area (Å²) in [7, 11) is -12.0. The zero-order chi connectivity index (χ0) is 19.4. The molecule has 0 aliphatic carbocycles. The molecule has 0 bridgehead atoms. The minimum absolute atomic E-state index is 0.0457. The molecule has 0 aromatic rings. The van der Waals surface area contributed by atoms with Crippen LogP contribution in [-0.4, -0.2) is 39.6 Å². The Kier molecular flexibility index (Phi) is 13.2. The maximum absolute atomic E-state index is 12.7. The van der Waals surface area contributed by atoms with E-state index < -0.39 is 23.8 Å². The highest BCUT2D eigenvalue weighted by Crippen LogP contribution is 2.80. The van der Waals surface area contributed by atoms with Gasteiger partial charge in [0.1, 0.15) is 0 Å². The van der Waals surface area contributed by atoms with Crippen LogP contribution in [0, 0.1) is 0 Å². The lowest BCUT2D eigenvalue weighted by Gasteiger charge is -2.24. The fraction of sp³-hybridized carbons (Fsp3) is 1.00. The molecular weight excluding hydrogens is 397 g/mol. The van der Waals surface area contributed by atoms with Crippen molar-refractivity contribution in [1.29, 1.82) is 0 Å². The molecule has 0 fully saturated rings. The predicted molar refractivity (Wildman–Crippen MR) is 94.1 cm³/mol. The van der Waals surface area contributed by atoms with Crippen molar-refractivity contribution in [2.45, 2.75) is 41.5 Å². The van der Waals surface area contributed by atoms with Gasteiger partial charge in [0.2, 0.25) is 0 Å². The predicted octanol–water partition coefficient (Wildman–Crippen LogP) is 5.13. The molecule has 0 heterocycles. The van der Waals surface area contributed by atoms with Crippen LogP contribution in [0.5, 0.6) is 0 Å². The van der Waals surface area contributed by atoms with Gasteiger partial charge in [-0.3, -0.25) is 18.1 Å². The average molecular weight is 427 g/mol. The van der Waals surface area contributed by atoms with Crippen molar-refractivity contribution in [3.05, 3.63) is 0 Å². The van der Waals surface area contributed by atoms with Gasteiger partial charge in [-0.2, -0.15) is 9.05 Å². The lowest BCUT2D eigenvalue weighted by Crippen LogP contribution is -2.13. The summed E-state index contributed by atoms with van der Waals surface area (Å²) in [6, 6.07) is 0. The largest absolute Gasteiger partial charge is 0.596 e. The molecule has 10 nitrogen and oxygen atoms in total. The number of hydrogen-bond acceptors (Lipinski definition) is 10. The topological polar surface area (TPSA) is 108 Å². The van der Waals surface area contributed by atoms with Gasteiger partial charge >= 0.3 is 23.8 Å². The summed E-state index contributed by atoms with van der Waals surface area (Å²) in [4.78, 5) is 0. The summed E-state index contributed by atoms with van der Waals surface area (Å²) < 4.78 is 67.4. The molecule has 0 saturated carbocycles. The smallest absolute Gasteiger partial charge is 0.285 e. The van der Waals surface area contributed by atoms with Crippen LogP contribution in [-0.2, 0) is 44.9 Å². The van der Waals surface area contributed by atoms with Crippen LogP contribution in [0.3, 0.4) is 0 Å². The molecule has 25 heavy (non-hydrogen) atoms. The summed E-state index contributed by atoms with van der Waals surface area (Å²) in [5, 5.41) is 0.